The highest BCUT2D eigenvalue weighted by Gasteiger charge is 2.14. The third-order valence-corrected chi connectivity index (χ3v) is 5.38. The smallest absolute Gasteiger partial charge is 0.338 e. The van der Waals surface area contributed by atoms with Gasteiger partial charge < -0.3 is 15.0 Å². The van der Waals surface area contributed by atoms with Crippen molar-refractivity contribution in [3.63, 3.8) is 0 Å². The Morgan fingerprint density at radius 2 is 1.88 bits per heavy atom. The summed E-state index contributed by atoms with van der Waals surface area (Å²) in [6, 6.07) is 13.8. The van der Waals surface area contributed by atoms with E-state index < -0.39 is 28.5 Å². The number of imidazole rings is 1. The van der Waals surface area contributed by atoms with Crippen LogP contribution >= 0.6 is 0 Å². The number of hydrogen-bond acceptors (Lipinski definition) is 7. The summed E-state index contributed by atoms with van der Waals surface area (Å²) in [4.78, 5) is 36.0. The fourth-order valence-corrected chi connectivity index (χ4v) is 3.43. The van der Waals surface area contributed by atoms with Crippen molar-refractivity contribution >= 4 is 38.6 Å². The number of ether oxygens (including phenoxy) is 1. The molecule has 0 radical (unpaired) electrons. The molecule has 10 nitrogen and oxygen atoms in total. The van der Waals surface area contributed by atoms with Crippen molar-refractivity contribution in [3.05, 3.63) is 72.6 Å². The van der Waals surface area contributed by atoms with Crippen molar-refractivity contribution in [1.82, 2.24) is 15.0 Å². The predicted molar refractivity (Wildman–Crippen MR) is 116 cm³/mol. The summed E-state index contributed by atoms with van der Waals surface area (Å²) in [7, 11) is -3.82. The largest absolute Gasteiger partial charge is 0.452 e. The van der Waals surface area contributed by atoms with Crippen LogP contribution in [0.5, 0.6) is 0 Å². The Hall–Kier alpha value is -4.09. The average Bonchev–Trinajstić information content (AvgIpc) is 3.21. The number of anilines is 1. The van der Waals surface area contributed by atoms with Gasteiger partial charge in [0.05, 0.1) is 21.5 Å². The van der Waals surface area contributed by atoms with Gasteiger partial charge in [-0.3, -0.25) is 9.78 Å². The van der Waals surface area contributed by atoms with Gasteiger partial charge >= 0.3 is 5.97 Å². The van der Waals surface area contributed by atoms with Crippen LogP contribution in [0, 0.1) is 0 Å². The van der Waals surface area contributed by atoms with E-state index in [2.05, 4.69) is 20.3 Å². The summed E-state index contributed by atoms with van der Waals surface area (Å²) in [5.74, 6) is -0.640. The number of carbonyl (C=O) groups is 2. The molecule has 0 atom stereocenters. The normalized spacial score (nSPS) is 11.3. The number of primary sulfonamides is 1. The van der Waals surface area contributed by atoms with E-state index in [0.29, 0.717) is 22.5 Å². The number of esters is 1. The Labute approximate surface area is 182 Å². The summed E-state index contributed by atoms with van der Waals surface area (Å²) in [6.45, 7) is -0.516. The van der Waals surface area contributed by atoms with Crippen LogP contribution in [0.15, 0.2) is 71.9 Å². The first-order valence-electron chi connectivity index (χ1n) is 9.29. The fraction of sp³-hybridized carbons (Fsp3) is 0.0476. The number of aromatic amines is 1. The number of nitrogens with two attached hydrogens (primary N) is 1. The highest BCUT2D eigenvalue weighted by atomic mass is 32.2. The van der Waals surface area contributed by atoms with Crippen molar-refractivity contribution in [2.75, 3.05) is 11.9 Å². The van der Waals surface area contributed by atoms with E-state index in [0.717, 1.165) is 5.56 Å². The highest BCUT2D eigenvalue weighted by molar-refractivity contribution is 7.89. The van der Waals surface area contributed by atoms with Crippen LogP contribution in [0.4, 0.5) is 5.69 Å². The number of H-pyrrole nitrogens is 1. The molecule has 2 aromatic heterocycles. The zero-order valence-electron chi connectivity index (χ0n) is 16.5. The Morgan fingerprint density at radius 1 is 1.09 bits per heavy atom. The van der Waals surface area contributed by atoms with Gasteiger partial charge in [0.25, 0.3) is 5.91 Å². The maximum absolute atomic E-state index is 12.3. The Morgan fingerprint density at radius 3 is 2.56 bits per heavy atom. The lowest BCUT2D eigenvalue weighted by Gasteiger charge is -2.07. The van der Waals surface area contributed by atoms with E-state index >= 15 is 0 Å². The lowest BCUT2D eigenvalue weighted by Crippen LogP contribution is -2.21. The van der Waals surface area contributed by atoms with Gasteiger partial charge in [-0.2, -0.15) is 0 Å². The molecule has 0 aliphatic heterocycles. The molecule has 0 spiro atoms. The summed E-state index contributed by atoms with van der Waals surface area (Å²) in [5, 5.41) is 7.53. The third-order valence-electron chi connectivity index (χ3n) is 4.45. The van der Waals surface area contributed by atoms with Gasteiger partial charge in [0.1, 0.15) is 5.82 Å². The van der Waals surface area contributed by atoms with Crippen molar-refractivity contribution in [2.45, 2.75) is 4.90 Å². The van der Waals surface area contributed by atoms with Gasteiger partial charge in [-0.05, 0) is 54.6 Å². The van der Waals surface area contributed by atoms with Crippen LogP contribution in [-0.4, -0.2) is 41.9 Å². The average molecular weight is 451 g/mol. The second kappa shape index (κ2) is 8.57. The number of amides is 1. The molecule has 0 saturated heterocycles. The third kappa shape index (κ3) is 4.79. The molecule has 0 saturated carbocycles. The van der Waals surface area contributed by atoms with Crippen LogP contribution in [0.1, 0.15) is 10.4 Å². The van der Waals surface area contributed by atoms with Gasteiger partial charge in [-0.1, -0.05) is 0 Å². The number of sulfonamides is 1. The second-order valence-electron chi connectivity index (χ2n) is 6.75. The van der Waals surface area contributed by atoms with E-state index in [4.69, 9.17) is 9.88 Å². The topological polar surface area (TPSA) is 157 Å². The summed E-state index contributed by atoms with van der Waals surface area (Å²) in [6.07, 6.45) is 3.34. The number of hydrogen-bond donors (Lipinski definition) is 3. The standard InChI is InChI=1S/C21H17N5O5S/c22-32(29,30)16-6-4-15(5-7-16)24-19(27)12-31-21(28)13-3-8-17-18(10-13)26-20(25-17)14-2-1-9-23-11-14/h1-11H,12H2,(H,24,27)(H,25,26)(H2,22,29,30). The van der Waals surface area contributed by atoms with E-state index in [-0.39, 0.29) is 10.5 Å². The van der Waals surface area contributed by atoms with E-state index in [1.54, 1.807) is 36.7 Å². The van der Waals surface area contributed by atoms with Crippen molar-refractivity contribution in [3.8, 4) is 11.4 Å². The van der Waals surface area contributed by atoms with Crippen LogP contribution < -0.4 is 10.5 Å². The molecule has 0 fully saturated rings. The lowest BCUT2D eigenvalue weighted by atomic mass is 10.2. The lowest BCUT2D eigenvalue weighted by molar-refractivity contribution is -0.119. The Balaban J connectivity index is 1.38. The number of aromatic nitrogens is 3. The number of benzene rings is 2. The molecule has 4 rings (SSSR count). The molecular weight excluding hydrogens is 434 g/mol. The number of fused-ring (bicyclic) bond motifs is 1. The molecule has 0 aliphatic rings. The van der Waals surface area contributed by atoms with Crippen LogP contribution in [-0.2, 0) is 19.6 Å². The maximum atomic E-state index is 12.3. The molecular formula is C21H17N5O5S. The summed E-state index contributed by atoms with van der Waals surface area (Å²) >= 11 is 0. The molecule has 2 aromatic carbocycles. The minimum Gasteiger partial charge on any atom is -0.452 e. The summed E-state index contributed by atoms with van der Waals surface area (Å²) < 4.78 is 27.6. The molecule has 2 heterocycles. The number of nitrogens with zero attached hydrogens (tertiary/aromatic N) is 2. The fourth-order valence-electron chi connectivity index (χ4n) is 2.92. The van der Waals surface area contributed by atoms with Crippen molar-refractivity contribution < 1.29 is 22.7 Å². The van der Waals surface area contributed by atoms with Crippen molar-refractivity contribution in [2.24, 2.45) is 5.14 Å². The first-order chi connectivity index (χ1) is 15.3. The monoisotopic (exact) mass is 451 g/mol. The Bertz CT molecular complexity index is 1400. The van der Waals surface area contributed by atoms with Gasteiger partial charge in [0, 0.05) is 23.6 Å². The molecule has 0 unspecified atom stereocenters. The van der Waals surface area contributed by atoms with Gasteiger partial charge in [0.2, 0.25) is 10.0 Å². The first-order valence-corrected chi connectivity index (χ1v) is 10.8. The minimum absolute atomic E-state index is 0.0807. The van der Waals surface area contributed by atoms with Crippen molar-refractivity contribution in [1.29, 1.82) is 0 Å². The Kier molecular flexibility index (Phi) is 5.67. The number of rotatable bonds is 6. The summed E-state index contributed by atoms with van der Waals surface area (Å²) in [5.41, 5.74) is 2.70. The van der Waals surface area contributed by atoms with Crippen LogP contribution in [0.2, 0.25) is 0 Å². The predicted octanol–water partition coefficient (Wildman–Crippen LogP) is 2.07. The molecule has 11 heteroatoms. The molecule has 32 heavy (non-hydrogen) atoms. The molecule has 162 valence electrons. The van der Waals surface area contributed by atoms with E-state index in [1.807, 2.05) is 6.07 Å². The highest BCUT2D eigenvalue weighted by Crippen LogP contribution is 2.21. The molecule has 4 aromatic rings. The maximum Gasteiger partial charge on any atom is 0.338 e. The van der Waals surface area contributed by atoms with E-state index in [9.17, 15) is 18.0 Å². The number of carbonyl (C=O) groups excluding carboxylic acids is 2. The zero-order valence-corrected chi connectivity index (χ0v) is 17.3. The molecule has 4 N–H and O–H groups in total. The van der Waals surface area contributed by atoms with Crippen LogP contribution in [0.3, 0.4) is 0 Å². The van der Waals surface area contributed by atoms with Crippen LogP contribution in [0.25, 0.3) is 22.4 Å². The minimum atomic E-state index is -3.82. The molecule has 0 bridgehead atoms. The second-order valence-corrected chi connectivity index (χ2v) is 8.31. The number of nitrogens with one attached hydrogen (secondary N) is 2. The van der Waals surface area contributed by atoms with E-state index in [1.165, 1.54) is 24.3 Å². The molecule has 1 amide bonds. The zero-order chi connectivity index (χ0) is 22.7. The van der Waals surface area contributed by atoms with Gasteiger partial charge in [-0.15, -0.1) is 0 Å². The molecule has 0 aliphatic carbocycles. The SMILES string of the molecule is NS(=O)(=O)c1ccc(NC(=O)COC(=O)c2ccc3nc(-c4cccnc4)[nH]c3c2)cc1. The van der Waals surface area contributed by atoms with Gasteiger partial charge in [0.15, 0.2) is 6.61 Å². The quantitative estimate of drug-likeness (QED) is 0.379. The van der Waals surface area contributed by atoms with Gasteiger partial charge in [-0.25, -0.2) is 23.3 Å². The number of pyridine rings is 1. The first kappa shape index (κ1) is 21.2.